The Morgan fingerprint density at radius 3 is 2.12 bits per heavy atom. The molecule has 1 heterocycles. The van der Waals surface area contributed by atoms with Crippen molar-refractivity contribution in [1.82, 2.24) is 9.80 Å². The molecule has 1 saturated heterocycles. The zero-order chi connectivity index (χ0) is 18.6. The van der Waals surface area contributed by atoms with Gasteiger partial charge in [0.2, 0.25) is 5.91 Å². The highest BCUT2D eigenvalue weighted by Gasteiger charge is 2.46. The van der Waals surface area contributed by atoms with Crippen LogP contribution in [0, 0.1) is 17.2 Å². The molecule has 2 aromatic rings. The predicted octanol–water partition coefficient (Wildman–Crippen LogP) is 2.91. The van der Waals surface area contributed by atoms with Crippen LogP contribution >= 0.6 is 0 Å². The van der Waals surface area contributed by atoms with Gasteiger partial charge in [-0.2, -0.15) is 5.26 Å². The predicted molar refractivity (Wildman–Crippen MR) is 103 cm³/mol. The van der Waals surface area contributed by atoms with Crippen molar-refractivity contribution in [3.8, 4) is 6.07 Å². The Kier molecular flexibility index (Phi) is 5.39. The van der Waals surface area contributed by atoms with Gasteiger partial charge in [-0.1, -0.05) is 60.7 Å². The van der Waals surface area contributed by atoms with Gasteiger partial charge in [0.05, 0.1) is 12.6 Å². The Morgan fingerprint density at radius 2 is 1.65 bits per heavy atom. The SMILES string of the molecule is CN(C)CC(=O)N1CCC(C(C#N)(c2ccccc2)c2ccccc2)C1. The first kappa shape index (κ1) is 18.2. The lowest BCUT2D eigenvalue weighted by atomic mass is 9.66. The number of benzene rings is 2. The smallest absolute Gasteiger partial charge is 0.236 e. The number of likely N-dealkylation sites (tertiary alicyclic amines) is 1. The molecule has 4 nitrogen and oxygen atoms in total. The molecule has 0 radical (unpaired) electrons. The van der Waals surface area contributed by atoms with Gasteiger partial charge in [0.15, 0.2) is 0 Å². The normalized spacial score (nSPS) is 17.3. The van der Waals surface area contributed by atoms with Crippen LogP contribution in [0.25, 0.3) is 0 Å². The molecule has 0 aromatic heterocycles. The van der Waals surface area contributed by atoms with Crippen LogP contribution in [0.2, 0.25) is 0 Å². The molecule has 3 rings (SSSR count). The van der Waals surface area contributed by atoms with Crippen LogP contribution in [0.5, 0.6) is 0 Å². The molecular formula is C22H25N3O. The molecule has 1 aliphatic rings. The second-order valence-electron chi connectivity index (χ2n) is 7.22. The van der Waals surface area contributed by atoms with E-state index in [-0.39, 0.29) is 11.8 Å². The summed E-state index contributed by atoms with van der Waals surface area (Å²) in [5.74, 6) is 0.203. The maximum atomic E-state index is 12.5. The molecule has 1 unspecified atom stereocenters. The molecule has 134 valence electrons. The van der Waals surface area contributed by atoms with Crippen molar-refractivity contribution in [1.29, 1.82) is 5.26 Å². The lowest BCUT2D eigenvalue weighted by molar-refractivity contribution is -0.130. The van der Waals surface area contributed by atoms with E-state index in [9.17, 15) is 10.1 Å². The maximum Gasteiger partial charge on any atom is 0.236 e. The van der Waals surface area contributed by atoms with E-state index in [1.54, 1.807) is 0 Å². The van der Waals surface area contributed by atoms with Gasteiger partial charge in [0.1, 0.15) is 5.41 Å². The summed E-state index contributed by atoms with van der Waals surface area (Å²) in [7, 11) is 3.80. The number of carbonyl (C=O) groups excluding carboxylic acids is 1. The van der Waals surface area contributed by atoms with Gasteiger partial charge in [0, 0.05) is 19.0 Å². The third-order valence-electron chi connectivity index (χ3n) is 5.24. The second kappa shape index (κ2) is 7.72. The summed E-state index contributed by atoms with van der Waals surface area (Å²) >= 11 is 0. The molecule has 1 amide bonds. The summed E-state index contributed by atoms with van der Waals surface area (Å²) in [6, 6.07) is 22.6. The fourth-order valence-corrected chi connectivity index (χ4v) is 3.97. The van der Waals surface area contributed by atoms with Crippen LogP contribution in [0.15, 0.2) is 60.7 Å². The summed E-state index contributed by atoms with van der Waals surface area (Å²) in [6.07, 6.45) is 0.830. The zero-order valence-corrected chi connectivity index (χ0v) is 15.4. The van der Waals surface area contributed by atoms with Crippen molar-refractivity contribution in [2.45, 2.75) is 11.8 Å². The van der Waals surface area contributed by atoms with Crippen LogP contribution in [0.3, 0.4) is 0 Å². The lowest BCUT2D eigenvalue weighted by Crippen LogP contribution is -2.40. The topological polar surface area (TPSA) is 47.3 Å². The molecule has 1 atom stereocenters. The minimum atomic E-state index is -0.740. The van der Waals surface area contributed by atoms with Gasteiger partial charge in [-0.3, -0.25) is 4.79 Å². The van der Waals surface area contributed by atoms with Crippen LogP contribution in [-0.4, -0.2) is 49.4 Å². The van der Waals surface area contributed by atoms with E-state index in [4.69, 9.17) is 0 Å². The Hall–Kier alpha value is -2.64. The summed E-state index contributed by atoms with van der Waals surface area (Å²) in [4.78, 5) is 16.3. The van der Waals surface area contributed by atoms with E-state index in [0.29, 0.717) is 19.6 Å². The fraction of sp³-hybridized carbons (Fsp3) is 0.364. The second-order valence-corrected chi connectivity index (χ2v) is 7.22. The van der Waals surface area contributed by atoms with E-state index in [1.165, 1.54) is 0 Å². The Morgan fingerprint density at radius 1 is 1.12 bits per heavy atom. The average molecular weight is 347 g/mol. The quantitative estimate of drug-likeness (QED) is 0.835. The molecule has 0 spiro atoms. The third-order valence-corrected chi connectivity index (χ3v) is 5.24. The van der Waals surface area contributed by atoms with E-state index in [1.807, 2.05) is 84.6 Å². The molecule has 1 fully saturated rings. The van der Waals surface area contributed by atoms with Crippen LogP contribution < -0.4 is 0 Å². The minimum absolute atomic E-state index is 0.0726. The highest BCUT2D eigenvalue weighted by atomic mass is 16.2. The minimum Gasteiger partial charge on any atom is -0.341 e. The van der Waals surface area contributed by atoms with E-state index in [2.05, 4.69) is 6.07 Å². The number of carbonyl (C=O) groups is 1. The average Bonchev–Trinajstić information content (AvgIpc) is 3.15. The van der Waals surface area contributed by atoms with E-state index >= 15 is 0 Å². The molecule has 4 heteroatoms. The highest BCUT2D eigenvalue weighted by Crippen LogP contribution is 2.43. The Bertz CT molecular complexity index is 741. The van der Waals surface area contributed by atoms with Crippen LogP contribution in [0.4, 0.5) is 0 Å². The lowest BCUT2D eigenvalue weighted by Gasteiger charge is -2.34. The fourth-order valence-electron chi connectivity index (χ4n) is 3.97. The first-order valence-corrected chi connectivity index (χ1v) is 9.02. The van der Waals surface area contributed by atoms with E-state index < -0.39 is 5.41 Å². The molecule has 0 bridgehead atoms. The molecule has 0 aliphatic carbocycles. The number of likely N-dealkylation sites (N-methyl/N-ethyl adjacent to an activating group) is 1. The number of hydrogen-bond donors (Lipinski definition) is 0. The number of hydrogen-bond acceptors (Lipinski definition) is 3. The van der Waals surface area contributed by atoms with Crippen molar-refractivity contribution in [2.75, 3.05) is 33.7 Å². The van der Waals surface area contributed by atoms with Crippen molar-refractivity contribution in [2.24, 2.45) is 5.92 Å². The first-order chi connectivity index (χ1) is 12.6. The number of amides is 1. The summed E-state index contributed by atoms with van der Waals surface area (Å²) in [6.45, 7) is 1.73. The first-order valence-electron chi connectivity index (χ1n) is 9.02. The zero-order valence-electron chi connectivity index (χ0n) is 15.4. The molecule has 26 heavy (non-hydrogen) atoms. The van der Waals surface area contributed by atoms with Crippen LogP contribution in [0.1, 0.15) is 17.5 Å². The highest BCUT2D eigenvalue weighted by molar-refractivity contribution is 5.78. The van der Waals surface area contributed by atoms with Crippen molar-refractivity contribution in [3.05, 3.63) is 71.8 Å². The van der Waals surface area contributed by atoms with Gasteiger partial charge < -0.3 is 9.80 Å². The van der Waals surface area contributed by atoms with Crippen LogP contribution in [-0.2, 0) is 10.2 Å². The number of rotatable bonds is 5. The summed E-state index contributed by atoms with van der Waals surface area (Å²) in [5.41, 5.74) is 1.26. The Labute approximate surface area is 155 Å². The summed E-state index contributed by atoms with van der Waals surface area (Å²) in [5, 5.41) is 10.4. The molecular weight excluding hydrogens is 322 g/mol. The van der Waals surface area contributed by atoms with Gasteiger partial charge in [-0.05, 0) is 31.6 Å². The molecule has 0 N–H and O–H groups in total. The maximum absolute atomic E-state index is 12.5. The van der Waals surface area contributed by atoms with E-state index in [0.717, 1.165) is 17.5 Å². The monoisotopic (exact) mass is 347 g/mol. The van der Waals surface area contributed by atoms with Gasteiger partial charge in [-0.25, -0.2) is 0 Å². The standard InChI is InChI=1S/C22H25N3O/c1-24(2)16-21(26)25-14-13-20(15-25)22(17-23,18-9-5-3-6-10-18)19-11-7-4-8-12-19/h3-12,20H,13-16H2,1-2H3. The van der Waals surface area contributed by atoms with Gasteiger partial charge in [0.25, 0.3) is 0 Å². The number of nitriles is 1. The van der Waals surface area contributed by atoms with Gasteiger partial charge in [-0.15, -0.1) is 0 Å². The van der Waals surface area contributed by atoms with Crippen molar-refractivity contribution >= 4 is 5.91 Å². The third kappa shape index (κ3) is 3.36. The van der Waals surface area contributed by atoms with Crippen molar-refractivity contribution < 1.29 is 4.79 Å². The number of nitrogens with zero attached hydrogens (tertiary/aromatic N) is 3. The Balaban J connectivity index is 1.98. The largest absolute Gasteiger partial charge is 0.341 e. The molecule has 1 aliphatic heterocycles. The molecule has 0 saturated carbocycles. The summed E-state index contributed by atoms with van der Waals surface area (Å²) < 4.78 is 0. The van der Waals surface area contributed by atoms with Crippen molar-refractivity contribution in [3.63, 3.8) is 0 Å². The van der Waals surface area contributed by atoms with Gasteiger partial charge >= 0.3 is 0 Å². The molecule has 2 aromatic carbocycles.